The van der Waals surface area contributed by atoms with Crippen LogP contribution in [0.2, 0.25) is 0 Å². The van der Waals surface area contributed by atoms with Crippen molar-refractivity contribution in [3.05, 3.63) is 66.2 Å². The van der Waals surface area contributed by atoms with E-state index in [1.54, 1.807) is 0 Å². The molecule has 0 N–H and O–H groups in total. The topological polar surface area (TPSA) is 12.5 Å². The Morgan fingerprint density at radius 1 is 0.955 bits per heavy atom. The Morgan fingerprint density at radius 3 is 2.05 bits per heavy atom. The van der Waals surface area contributed by atoms with Gasteiger partial charge in [-0.05, 0) is 60.7 Å². The van der Waals surface area contributed by atoms with Crippen molar-refractivity contribution >= 4 is 11.3 Å². The third kappa shape index (κ3) is 3.16. The van der Waals surface area contributed by atoms with Gasteiger partial charge in [0.15, 0.2) is 0 Å². The fourth-order valence-corrected chi connectivity index (χ4v) is 2.93. The van der Waals surface area contributed by atoms with Gasteiger partial charge in [0.05, 0.1) is 6.61 Å². The largest absolute Gasteiger partial charge is 0.494 e. The lowest BCUT2D eigenvalue weighted by atomic mass is 9.99. The Bertz CT molecular complexity index is 622. The Balaban J connectivity index is 1.73. The van der Waals surface area contributed by atoms with Gasteiger partial charge in [-0.2, -0.15) is 0 Å². The highest BCUT2D eigenvalue weighted by molar-refractivity contribution is 5.79. The smallest absolute Gasteiger partial charge is 0.119 e. The van der Waals surface area contributed by atoms with Gasteiger partial charge in [-0.25, -0.2) is 0 Å². The predicted octanol–water partition coefficient (Wildman–Crippen LogP) is 4.75. The van der Waals surface area contributed by atoms with Gasteiger partial charge in [-0.1, -0.05) is 30.8 Å². The molecule has 0 aromatic heterocycles. The van der Waals surface area contributed by atoms with E-state index in [1.165, 1.54) is 37.2 Å². The van der Waals surface area contributed by atoms with Gasteiger partial charge in [0.25, 0.3) is 0 Å². The summed E-state index contributed by atoms with van der Waals surface area (Å²) in [4.78, 5) is 2.45. The molecule has 1 saturated heterocycles. The van der Waals surface area contributed by atoms with Crippen LogP contribution in [0.3, 0.4) is 0 Å². The van der Waals surface area contributed by atoms with E-state index >= 15 is 0 Å². The zero-order valence-corrected chi connectivity index (χ0v) is 13.2. The minimum Gasteiger partial charge on any atom is -0.494 e. The number of anilines is 1. The Kier molecular flexibility index (Phi) is 4.47. The summed E-state index contributed by atoms with van der Waals surface area (Å²) in [6, 6.07) is 16.9. The summed E-state index contributed by atoms with van der Waals surface area (Å²) in [5, 5.41) is 0. The third-order valence-electron chi connectivity index (χ3n) is 4.20. The molecule has 2 nitrogen and oxygen atoms in total. The number of hydrogen-bond donors (Lipinski definition) is 0. The number of benzene rings is 2. The molecule has 0 aliphatic carbocycles. The van der Waals surface area contributed by atoms with Crippen molar-refractivity contribution in [1.29, 1.82) is 0 Å². The molecule has 1 aliphatic heterocycles. The zero-order valence-electron chi connectivity index (χ0n) is 13.2. The van der Waals surface area contributed by atoms with E-state index in [4.69, 9.17) is 4.74 Å². The molecule has 2 heteroatoms. The standard InChI is InChI=1S/C20H23NO/c1-3-22-20-12-8-18(9-13-20)16(2)17-6-10-19(11-7-17)21-14-4-5-15-21/h6-13H,2-5,14-15H2,1H3. The minimum absolute atomic E-state index is 0.693. The molecule has 1 fully saturated rings. The number of ether oxygens (including phenoxy) is 1. The van der Waals surface area contributed by atoms with E-state index in [-0.39, 0.29) is 0 Å². The van der Waals surface area contributed by atoms with Crippen molar-refractivity contribution in [1.82, 2.24) is 0 Å². The summed E-state index contributed by atoms with van der Waals surface area (Å²) >= 11 is 0. The van der Waals surface area contributed by atoms with Crippen LogP contribution in [-0.4, -0.2) is 19.7 Å². The quantitative estimate of drug-likeness (QED) is 0.789. The highest BCUT2D eigenvalue weighted by atomic mass is 16.5. The van der Waals surface area contributed by atoms with Gasteiger partial charge >= 0.3 is 0 Å². The van der Waals surface area contributed by atoms with Gasteiger partial charge in [-0.15, -0.1) is 0 Å². The maximum atomic E-state index is 5.48. The first-order valence-corrected chi connectivity index (χ1v) is 8.05. The second-order valence-electron chi connectivity index (χ2n) is 5.68. The molecule has 0 bridgehead atoms. The molecule has 0 spiro atoms. The van der Waals surface area contributed by atoms with Gasteiger partial charge in [-0.3, -0.25) is 0 Å². The zero-order chi connectivity index (χ0) is 15.4. The lowest BCUT2D eigenvalue weighted by Gasteiger charge is -2.18. The minimum atomic E-state index is 0.693. The van der Waals surface area contributed by atoms with Crippen LogP contribution >= 0.6 is 0 Å². The highest BCUT2D eigenvalue weighted by Gasteiger charge is 2.12. The van der Waals surface area contributed by atoms with Crippen LogP contribution in [0.5, 0.6) is 5.75 Å². The summed E-state index contributed by atoms with van der Waals surface area (Å²) in [5.74, 6) is 0.906. The average Bonchev–Trinajstić information content (AvgIpc) is 3.10. The van der Waals surface area contributed by atoms with Crippen LogP contribution < -0.4 is 9.64 Å². The molecular formula is C20H23NO. The molecule has 0 atom stereocenters. The maximum absolute atomic E-state index is 5.48. The molecule has 0 saturated carbocycles. The maximum Gasteiger partial charge on any atom is 0.119 e. The lowest BCUT2D eigenvalue weighted by molar-refractivity contribution is 0.340. The average molecular weight is 293 g/mol. The first-order valence-electron chi connectivity index (χ1n) is 8.05. The summed E-state index contributed by atoms with van der Waals surface area (Å²) in [6.07, 6.45) is 2.61. The molecule has 1 heterocycles. The fourth-order valence-electron chi connectivity index (χ4n) is 2.93. The number of nitrogens with zero attached hydrogens (tertiary/aromatic N) is 1. The van der Waals surface area contributed by atoms with Crippen molar-refractivity contribution in [2.75, 3.05) is 24.6 Å². The van der Waals surface area contributed by atoms with Gasteiger partial charge in [0.1, 0.15) is 5.75 Å². The van der Waals surface area contributed by atoms with E-state index in [0.717, 1.165) is 16.9 Å². The van der Waals surface area contributed by atoms with Crippen molar-refractivity contribution in [2.24, 2.45) is 0 Å². The molecule has 2 aromatic carbocycles. The molecule has 22 heavy (non-hydrogen) atoms. The van der Waals surface area contributed by atoms with E-state index in [2.05, 4.69) is 47.9 Å². The van der Waals surface area contributed by atoms with Gasteiger partial charge in [0.2, 0.25) is 0 Å². The monoisotopic (exact) mass is 293 g/mol. The first kappa shape index (κ1) is 14.7. The molecule has 114 valence electrons. The summed E-state index contributed by atoms with van der Waals surface area (Å²) in [5.41, 5.74) is 4.68. The van der Waals surface area contributed by atoms with Crippen LogP contribution in [0.1, 0.15) is 30.9 Å². The Morgan fingerprint density at radius 2 is 1.50 bits per heavy atom. The Labute approximate surface area is 133 Å². The predicted molar refractivity (Wildman–Crippen MR) is 93.6 cm³/mol. The Hall–Kier alpha value is -2.22. The van der Waals surface area contributed by atoms with Crippen molar-refractivity contribution in [3.8, 4) is 5.75 Å². The van der Waals surface area contributed by atoms with Crippen LogP contribution in [0.25, 0.3) is 5.57 Å². The number of hydrogen-bond acceptors (Lipinski definition) is 2. The van der Waals surface area contributed by atoms with Crippen LogP contribution in [0.4, 0.5) is 5.69 Å². The summed E-state index contributed by atoms with van der Waals surface area (Å²) in [6.45, 7) is 9.29. The molecule has 1 aliphatic rings. The second-order valence-corrected chi connectivity index (χ2v) is 5.68. The van der Waals surface area contributed by atoms with E-state index < -0.39 is 0 Å². The van der Waals surface area contributed by atoms with Crippen LogP contribution in [-0.2, 0) is 0 Å². The number of rotatable bonds is 5. The van der Waals surface area contributed by atoms with E-state index in [0.29, 0.717) is 6.61 Å². The van der Waals surface area contributed by atoms with Crippen molar-refractivity contribution < 1.29 is 4.74 Å². The third-order valence-corrected chi connectivity index (χ3v) is 4.20. The highest BCUT2D eigenvalue weighted by Crippen LogP contribution is 2.27. The normalized spacial score (nSPS) is 14.1. The fraction of sp³-hybridized carbons (Fsp3) is 0.300. The first-order chi connectivity index (χ1) is 10.8. The molecule has 0 amide bonds. The molecule has 0 unspecified atom stereocenters. The molecule has 3 rings (SSSR count). The summed E-state index contributed by atoms with van der Waals surface area (Å²) in [7, 11) is 0. The SMILES string of the molecule is C=C(c1ccc(OCC)cc1)c1ccc(N2CCCC2)cc1. The van der Waals surface area contributed by atoms with Gasteiger partial charge in [0, 0.05) is 18.8 Å². The summed E-state index contributed by atoms with van der Waals surface area (Å²) < 4.78 is 5.48. The molecule has 0 radical (unpaired) electrons. The van der Waals surface area contributed by atoms with Crippen LogP contribution in [0, 0.1) is 0 Å². The van der Waals surface area contributed by atoms with Crippen molar-refractivity contribution in [3.63, 3.8) is 0 Å². The second kappa shape index (κ2) is 6.69. The molecular weight excluding hydrogens is 270 g/mol. The van der Waals surface area contributed by atoms with Crippen molar-refractivity contribution in [2.45, 2.75) is 19.8 Å². The molecule has 2 aromatic rings. The van der Waals surface area contributed by atoms with E-state index in [9.17, 15) is 0 Å². The lowest BCUT2D eigenvalue weighted by Crippen LogP contribution is -2.17. The van der Waals surface area contributed by atoms with Gasteiger partial charge < -0.3 is 9.64 Å². The van der Waals surface area contributed by atoms with Crippen LogP contribution in [0.15, 0.2) is 55.1 Å². The van der Waals surface area contributed by atoms with E-state index in [1.807, 2.05) is 19.1 Å².